The van der Waals surface area contributed by atoms with Crippen LogP contribution in [0.3, 0.4) is 0 Å². The zero-order valence-corrected chi connectivity index (χ0v) is 17.4. The van der Waals surface area contributed by atoms with Crippen molar-refractivity contribution in [3.63, 3.8) is 0 Å². The van der Waals surface area contributed by atoms with Crippen molar-refractivity contribution < 1.29 is 9.59 Å². The van der Waals surface area contributed by atoms with E-state index >= 15 is 0 Å². The summed E-state index contributed by atoms with van der Waals surface area (Å²) in [6, 6.07) is 30.9. The third-order valence-electron chi connectivity index (χ3n) is 5.90. The largest absolute Gasteiger partial charge is 0.368 e. The first-order valence-corrected chi connectivity index (χ1v) is 10.6. The lowest BCUT2D eigenvalue weighted by atomic mass is 9.95. The maximum atomic E-state index is 13.5. The van der Waals surface area contributed by atoms with E-state index in [9.17, 15) is 9.59 Å². The summed E-state index contributed by atoms with van der Waals surface area (Å²) in [4.78, 5) is 25.7. The molecule has 3 N–H and O–H groups in total. The molecular formula is C28H22N2O2. The summed E-state index contributed by atoms with van der Waals surface area (Å²) in [5.74, 6) is -0.862. The van der Waals surface area contributed by atoms with Crippen molar-refractivity contribution in [1.82, 2.24) is 5.32 Å². The molecule has 0 aliphatic rings. The number of amides is 2. The van der Waals surface area contributed by atoms with Crippen LogP contribution in [0.4, 0.5) is 0 Å². The molecule has 0 unspecified atom stereocenters. The summed E-state index contributed by atoms with van der Waals surface area (Å²) >= 11 is 0. The number of benzene rings is 5. The van der Waals surface area contributed by atoms with Crippen LogP contribution in [0.15, 0.2) is 97.1 Å². The van der Waals surface area contributed by atoms with Crippen LogP contribution in [-0.4, -0.2) is 17.9 Å². The van der Waals surface area contributed by atoms with Gasteiger partial charge in [-0.2, -0.15) is 0 Å². The molecule has 0 saturated carbocycles. The fourth-order valence-corrected chi connectivity index (χ4v) is 4.31. The van der Waals surface area contributed by atoms with Crippen LogP contribution in [0.1, 0.15) is 15.9 Å². The monoisotopic (exact) mass is 418 g/mol. The molecule has 0 aromatic heterocycles. The molecule has 0 bridgehead atoms. The Morgan fingerprint density at radius 1 is 0.688 bits per heavy atom. The predicted octanol–water partition coefficient (Wildman–Crippen LogP) is 4.97. The van der Waals surface area contributed by atoms with E-state index in [4.69, 9.17) is 5.73 Å². The zero-order valence-electron chi connectivity index (χ0n) is 17.4. The quantitative estimate of drug-likeness (QED) is 0.396. The van der Waals surface area contributed by atoms with E-state index in [1.165, 1.54) is 0 Å². The molecular weight excluding hydrogens is 396 g/mol. The van der Waals surface area contributed by atoms with Gasteiger partial charge in [0, 0.05) is 6.42 Å². The summed E-state index contributed by atoms with van der Waals surface area (Å²) in [5, 5.41) is 8.74. The standard InChI is InChI=1S/C28H22N2O2/c29-27(31)25(16-18-13-14-19-7-1-2-8-20(19)15-18)30-28(32)26-23-11-5-3-9-21(23)17-22-10-4-6-12-24(22)26/h1-15,17,25H,16H2,(H2,29,31)(H,30,32)/t25-/m0/s1. The Morgan fingerprint density at radius 2 is 1.25 bits per heavy atom. The van der Waals surface area contributed by atoms with Crippen LogP contribution in [0.5, 0.6) is 0 Å². The van der Waals surface area contributed by atoms with Crippen molar-refractivity contribution in [1.29, 1.82) is 0 Å². The third-order valence-corrected chi connectivity index (χ3v) is 5.90. The van der Waals surface area contributed by atoms with Crippen molar-refractivity contribution in [3.8, 4) is 0 Å². The lowest BCUT2D eigenvalue weighted by Crippen LogP contribution is -2.46. The fourth-order valence-electron chi connectivity index (χ4n) is 4.31. The van der Waals surface area contributed by atoms with Crippen LogP contribution in [-0.2, 0) is 11.2 Å². The maximum Gasteiger partial charge on any atom is 0.253 e. The Balaban J connectivity index is 1.51. The minimum absolute atomic E-state index is 0.303. The number of fused-ring (bicyclic) bond motifs is 3. The highest BCUT2D eigenvalue weighted by Crippen LogP contribution is 2.28. The number of nitrogens with two attached hydrogens (primary N) is 1. The molecule has 32 heavy (non-hydrogen) atoms. The molecule has 2 amide bonds. The average molecular weight is 418 g/mol. The van der Waals surface area contributed by atoms with Gasteiger partial charge in [0.25, 0.3) is 5.91 Å². The first-order valence-electron chi connectivity index (χ1n) is 10.6. The molecule has 0 saturated heterocycles. The highest BCUT2D eigenvalue weighted by atomic mass is 16.2. The van der Waals surface area contributed by atoms with E-state index in [0.29, 0.717) is 12.0 Å². The Hall–Kier alpha value is -4.18. The zero-order chi connectivity index (χ0) is 22.1. The minimum atomic E-state index is -0.818. The van der Waals surface area contributed by atoms with E-state index in [0.717, 1.165) is 37.9 Å². The van der Waals surface area contributed by atoms with Gasteiger partial charge in [-0.15, -0.1) is 0 Å². The van der Waals surface area contributed by atoms with Gasteiger partial charge in [-0.3, -0.25) is 9.59 Å². The molecule has 0 aliphatic heterocycles. The second-order valence-electron chi connectivity index (χ2n) is 8.01. The normalized spacial score (nSPS) is 12.1. The number of rotatable bonds is 5. The van der Waals surface area contributed by atoms with Gasteiger partial charge in [0.15, 0.2) is 0 Å². The molecule has 0 heterocycles. The first kappa shape index (κ1) is 19.8. The van der Waals surface area contributed by atoms with Gasteiger partial charge in [0.05, 0.1) is 5.56 Å². The lowest BCUT2D eigenvalue weighted by Gasteiger charge is -2.18. The van der Waals surface area contributed by atoms with Crippen LogP contribution in [0.2, 0.25) is 0 Å². The van der Waals surface area contributed by atoms with Gasteiger partial charge >= 0.3 is 0 Å². The van der Waals surface area contributed by atoms with Gasteiger partial charge < -0.3 is 11.1 Å². The van der Waals surface area contributed by atoms with Crippen LogP contribution >= 0.6 is 0 Å². The molecule has 1 atom stereocenters. The van der Waals surface area contributed by atoms with Crippen molar-refractivity contribution in [2.24, 2.45) is 5.73 Å². The molecule has 0 aliphatic carbocycles. The Kier molecular flexibility index (Phi) is 5.04. The van der Waals surface area contributed by atoms with Crippen molar-refractivity contribution in [3.05, 3.63) is 108 Å². The van der Waals surface area contributed by atoms with E-state index in [1.54, 1.807) is 0 Å². The highest BCUT2D eigenvalue weighted by Gasteiger charge is 2.22. The Labute approximate surface area is 185 Å². The lowest BCUT2D eigenvalue weighted by molar-refractivity contribution is -0.119. The Bertz CT molecular complexity index is 1440. The van der Waals surface area contributed by atoms with Crippen LogP contribution in [0, 0.1) is 0 Å². The van der Waals surface area contributed by atoms with Crippen LogP contribution in [0.25, 0.3) is 32.3 Å². The molecule has 5 aromatic carbocycles. The molecule has 5 aromatic rings. The summed E-state index contributed by atoms with van der Waals surface area (Å²) in [5.41, 5.74) is 7.19. The van der Waals surface area contributed by atoms with E-state index in [1.807, 2.05) is 91.0 Å². The number of carbonyl (C=O) groups excluding carboxylic acids is 2. The summed E-state index contributed by atoms with van der Waals surface area (Å²) in [6.07, 6.45) is 0.328. The summed E-state index contributed by atoms with van der Waals surface area (Å²) < 4.78 is 0. The predicted molar refractivity (Wildman–Crippen MR) is 130 cm³/mol. The number of hydrogen-bond acceptors (Lipinski definition) is 2. The maximum absolute atomic E-state index is 13.5. The van der Waals surface area contributed by atoms with Crippen LogP contribution < -0.4 is 11.1 Å². The molecule has 0 spiro atoms. The number of primary amides is 1. The van der Waals surface area contributed by atoms with Gasteiger partial charge in [-0.1, -0.05) is 91.0 Å². The van der Waals surface area contributed by atoms with Gasteiger partial charge in [0.1, 0.15) is 6.04 Å². The minimum Gasteiger partial charge on any atom is -0.368 e. The summed E-state index contributed by atoms with van der Waals surface area (Å²) in [7, 11) is 0. The average Bonchev–Trinajstić information content (AvgIpc) is 2.81. The number of carbonyl (C=O) groups is 2. The van der Waals surface area contributed by atoms with E-state index in [-0.39, 0.29) is 5.91 Å². The number of nitrogens with one attached hydrogen (secondary N) is 1. The van der Waals surface area contributed by atoms with Gasteiger partial charge in [-0.25, -0.2) is 0 Å². The fraction of sp³-hybridized carbons (Fsp3) is 0.0714. The second kappa shape index (κ2) is 8.16. The molecule has 5 rings (SSSR count). The smallest absolute Gasteiger partial charge is 0.253 e. The van der Waals surface area contributed by atoms with E-state index in [2.05, 4.69) is 11.4 Å². The first-order chi connectivity index (χ1) is 15.6. The van der Waals surface area contributed by atoms with Gasteiger partial charge in [0.2, 0.25) is 5.91 Å². The second-order valence-corrected chi connectivity index (χ2v) is 8.01. The molecule has 0 fully saturated rings. The molecule has 0 radical (unpaired) electrons. The molecule has 4 heteroatoms. The SMILES string of the molecule is NC(=O)[C@H](Cc1ccc2ccccc2c1)NC(=O)c1c2ccccc2cc2ccccc12. The van der Waals surface area contributed by atoms with Crippen molar-refractivity contribution in [2.45, 2.75) is 12.5 Å². The molecule has 156 valence electrons. The van der Waals surface area contributed by atoms with E-state index < -0.39 is 11.9 Å². The third kappa shape index (κ3) is 3.67. The number of hydrogen-bond donors (Lipinski definition) is 2. The Morgan fingerprint density at radius 3 is 1.88 bits per heavy atom. The topological polar surface area (TPSA) is 72.2 Å². The van der Waals surface area contributed by atoms with Gasteiger partial charge in [-0.05, 0) is 43.9 Å². The highest BCUT2D eigenvalue weighted by molar-refractivity contribution is 6.18. The van der Waals surface area contributed by atoms with Crippen molar-refractivity contribution >= 4 is 44.1 Å². The molecule has 4 nitrogen and oxygen atoms in total. The summed E-state index contributed by atoms with van der Waals surface area (Å²) in [6.45, 7) is 0. The van der Waals surface area contributed by atoms with Crippen molar-refractivity contribution in [2.75, 3.05) is 0 Å².